The number of hydrogen-bond acceptors (Lipinski definition) is 3. The Hall–Kier alpha value is -2.56. The maximum absolute atomic E-state index is 13.5. The van der Waals surface area contributed by atoms with Crippen molar-refractivity contribution >= 4 is 5.91 Å². The smallest absolute Gasteiger partial charge is 0.220 e. The van der Waals surface area contributed by atoms with Gasteiger partial charge in [0, 0.05) is 13.0 Å². The molecule has 1 amide bonds. The lowest BCUT2D eigenvalue weighted by molar-refractivity contribution is -0.121. The van der Waals surface area contributed by atoms with Crippen LogP contribution in [-0.2, 0) is 11.3 Å². The second-order valence-corrected chi connectivity index (χ2v) is 5.69. The number of ether oxygens (including phenoxy) is 2. The van der Waals surface area contributed by atoms with E-state index in [1.807, 2.05) is 37.3 Å². The highest BCUT2D eigenvalue weighted by atomic mass is 19.1. The minimum Gasteiger partial charge on any atom is -0.490 e. The molecular formula is C20H24FNO3. The van der Waals surface area contributed by atoms with Crippen LogP contribution in [0.4, 0.5) is 4.39 Å². The van der Waals surface area contributed by atoms with Crippen molar-refractivity contribution in [3.63, 3.8) is 0 Å². The Morgan fingerprint density at radius 2 is 1.84 bits per heavy atom. The lowest BCUT2D eigenvalue weighted by Gasteiger charge is -2.11. The Labute approximate surface area is 148 Å². The lowest BCUT2D eigenvalue weighted by atomic mass is 10.1. The topological polar surface area (TPSA) is 47.6 Å². The van der Waals surface area contributed by atoms with Crippen LogP contribution in [0.3, 0.4) is 0 Å². The fourth-order valence-electron chi connectivity index (χ4n) is 2.29. The number of rotatable bonds is 9. The molecule has 0 aliphatic rings. The predicted octanol–water partition coefficient (Wildman–Crippen LogP) is 4.01. The molecule has 2 rings (SSSR count). The molecule has 5 heteroatoms. The molecule has 0 aliphatic carbocycles. The van der Waals surface area contributed by atoms with E-state index in [-0.39, 0.29) is 11.7 Å². The Kier molecular flexibility index (Phi) is 7.26. The highest BCUT2D eigenvalue weighted by Gasteiger charge is 2.06. The average molecular weight is 345 g/mol. The zero-order valence-corrected chi connectivity index (χ0v) is 14.7. The van der Waals surface area contributed by atoms with Crippen LogP contribution in [0.1, 0.15) is 30.9 Å². The summed E-state index contributed by atoms with van der Waals surface area (Å²) >= 11 is 0. The SMILES string of the molecule is CCOc1ccccc1OCCCC(=O)NCc1ccc(C)c(F)c1. The summed E-state index contributed by atoms with van der Waals surface area (Å²) in [5, 5.41) is 2.79. The molecule has 0 radical (unpaired) electrons. The molecule has 2 aromatic carbocycles. The van der Waals surface area contributed by atoms with Gasteiger partial charge in [-0.3, -0.25) is 4.79 Å². The van der Waals surface area contributed by atoms with Gasteiger partial charge >= 0.3 is 0 Å². The van der Waals surface area contributed by atoms with Crippen molar-refractivity contribution in [2.45, 2.75) is 33.2 Å². The minimum absolute atomic E-state index is 0.0809. The van der Waals surface area contributed by atoms with E-state index in [9.17, 15) is 9.18 Å². The molecule has 2 aromatic rings. The van der Waals surface area contributed by atoms with Gasteiger partial charge < -0.3 is 14.8 Å². The fraction of sp³-hybridized carbons (Fsp3) is 0.350. The third-order valence-corrected chi connectivity index (χ3v) is 3.68. The number of aryl methyl sites for hydroxylation is 1. The average Bonchev–Trinajstić information content (AvgIpc) is 2.61. The van der Waals surface area contributed by atoms with Crippen LogP contribution < -0.4 is 14.8 Å². The van der Waals surface area contributed by atoms with E-state index in [1.54, 1.807) is 13.0 Å². The molecule has 0 saturated heterocycles. The molecule has 4 nitrogen and oxygen atoms in total. The van der Waals surface area contributed by atoms with Crippen LogP contribution in [0.25, 0.3) is 0 Å². The van der Waals surface area contributed by atoms with Gasteiger partial charge in [0.25, 0.3) is 0 Å². The van der Waals surface area contributed by atoms with Gasteiger partial charge in [-0.15, -0.1) is 0 Å². The molecule has 134 valence electrons. The molecule has 0 fully saturated rings. The standard InChI is InChI=1S/C20H24FNO3/c1-3-24-18-7-4-5-8-19(18)25-12-6-9-20(23)22-14-16-11-10-15(2)17(21)13-16/h4-5,7-8,10-11,13H,3,6,9,12,14H2,1-2H3,(H,22,23). The van der Waals surface area contributed by atoms with E-state index < -0.39 is 0 Å². The summed E-state index contributed by atoms with van der Waals surface area (Å²) in [6, 6.07) is 12.4. The molecule has 0 aliphatic heterocycles. The van der Waals surface area contributed by atoms with Gasteiger partial charge in [-0.25, -0.2) is 4.39 Å². The van der Waals surface area contributed by atoms with Crippen LogP contribution in [0, 0.1) is 12.7 Å². The summed E-state index contributed by atoms with van der Waals surface area (Å²) in [5.41, 5.74) is 1.35. The van der Waals surface area contributed by atoms with Crippen LogP contribution in [0.2, 0.25) is 0 Å². The molecule has 0 unspecified atom stereocenters. The zero-order valence-electron chi connectivity index (χ0n) is 14.7. The number of halogens is 1. The Bertz CT molecular complexity index is 703. The maximum atomic E-state index is 13.5. The first-order valence-electron chi connectivity index (χ1n) is 8.46. The number of para-hydroxylation sites is 2. The number of amides is 1. The second kappa shape index (κ2) is 9.67. The molecule has 0 aromatic heterocycles. The summed E-state index contributed by atoms with van der Waals surface area (Å²) < 4.78 is 24.6. The van der Waals surface area contributed by atoms with Crippen molar-refractivity contribution in [3.8, 4) is 11.5 Å². The number of hydrogen-bond donors (Lipinski definition) is 1. The van der Waals surface area contributed by atoms with Gasteiger partial charge in [0.2, 0.25) is 5.91 Å². The number of carbonyl (C=O) groups excluding carboxylic acids is 1. The monoisotopic (exact) mass is 345 g/mol. The van der Waals surface area contributed by atoms with Crippen molar-refractivity contribution in [2.24, 2.45) is 0 Å². The summed E-state index contributed by atoms with van der Waals surface area (Å²) in [5.74, 6) is 1.05. The second-order valence-electron chi connectivity index (χ2n) is 5.69. The minimum atomic E-state index is -0.256. The van der Waals surface area contributed by atoms with Crippen molar-refractivity contribution in [3.05, 3.63) is 59.4 Å². The first-order valence-corrected chi connectivity index (χ1v) is 8.46. The molecule has 0 atom stereocenters. The maximum Gasteiger partial charge on any atom is 0.220 e. The molecule has 1 N–H and O–H groups in total. The van der Waals surface area contributed by atoms with Gasteiger partial charge in [-0.1, -0.05) is 24.3 Å². The number of carbonyl (C=O) groups is 1. The van der Waals surface area contributed by atoms with E-state index >= 15 is 0 Å². The lowest BCUT2D eigenvalue weighted by Crippen LogP contribution is -2.23. The number of nitrogens with one attached hydrogen (secondary N) is 1. The molecular weight excluding hydrogens is 321 g/mol. The van der Waals surface area contributed by atoms with Crippen molar-refractivity contribution < 1.29 is 18.7 Å². The van der Waals surface area contributed by atoms with E-state index in [2.05, 4.69) is 5.32 Å². The Morgan fingerprint density at radius 1 is 1.12 bits per heavy atom. The van der Waals surface area contributed by atoms with Crippen LogP contribution >= 0.6 is 0 Å². The van der Waals surface area contributed by atoms with E-state index in [0.717, 1.165) is 5.56 Å². The predicted molar refractivity (Wildman–Crippen MR) is 95.3 cm³/mol. The molecule has 0 spiro atoms. The van der Waals surface area contributed by atoms with E-state index in [4.69, 9.17) is 9.47 Å². The highest BCUT2D eigenvalue weighted by Crippen LogP contribution is 2.26. The van der Waals surface area contributed by atoms with Gasteiger partial charge in [-0.05, 0) is 49.6 Å². The quantitative estimate of drug-likeness (QED) is 0.699. The van der Waals surface area contributed by atoms with Crippen molar-refractivity contribution in [1.82, 2.24) is 5.32 Å². The summed E-state index contributed by atoms with van der Waals surface area (Å²) in [7, 11) is 0. The van der Waals surface area contributed by atoms with Crippen LogP contribution in [0.15, 0.2) is 42.5 Å². The molecule has 0 saturated carbocycles. The summed E-state index contributed by atoms with van der Waals surface area (Å²) in [4.78, 5) is 11.9. The van der Waals surface area contributed by atoms with Crippen LogP contribution in [-0.4, -0.2) is 19.1 Å². The first-order chi connectivity index (χ1) is 12.1. The third-order valence-electron chi connectivity index (χ3n) is 3.68. The number of benzene rings is 2. The molecule has 25 heavy (non-hydrogen) atoms. The first kappa shape index (κ1) is 18.8. The van der Waals surface area contributed by atoms with E-state index in [1.165, 1.54) is 6.07 Å². The fourth-order valence-corrected chi connectivity index (χ4v) is 2.29. The summed E-state index contributed by atoms with van der Waals surface area (Å²) in [6.45, 7) is 4.95. The zero-order chi connectivity index (χ0) is 18.1. The van der Waals surface area contributed by atoms with Gasteiger partial charge in [-0.2, -0.15) is 0 Å². The highest BCUT2D eigenvalue weighted by molar-refractivity contribution is 5.75. The third kappa shape index (κ3) is 6.10. The Balaban J connectivity index is 1.69. The molecule has 0 heterocycles. The van der Waals surface area contributed by atoms with Crippen LogP contribution in [0.5, 0.6) is 11.5 Å². The van der Waals surface area contributed by atoms with Crippen molar-refractivity contribution in [2.75, 3.05) is 13.2 Å². The molecule has 0 bridgehead atoms. The Morgan fingerprint density at radius 3 is 2.52 bits per heavy atom. The summed E-state index contributed by atoms with van der Waals surface area (Å²) in [6.07, 6.45) is 0.944. The largest absolute Gasteiger partial charge is 0.490 e. The van der Waals surface area contributed by atoms with Gasteiger partial charge in [0.15, 0.2) is 11.5 Å². The van der Waals surface area contributed by atoms with Gasteiger partial charge in [0.1, 0.15) is 5.82 Å². The van der Waals surface area contributed by atoms with Crippen molar-refractivity contribution in [1.29, 1.82) is 0 Å². The van der Waals surface area contributed by atoms with E-state index in [0.29, 0.717) is 49.7 Å². The van der Waals surface area contributed by atoms with Gasteiger partial charge in [0.05, 0.1) is 13.2 Å². The normalized spacial score (nSPS) is 10.4.